The van der Waals surface area contributed by atoms with Crippen molar-refractivity contribution < 1.29 is 13.3 Å². The first-order chi connectivity index (χ1) is 9.90. The van der Waals surface area contributed by atoms with E-state index in [0.29, 0.717) is 6.42 Å². The lowest BCUT2D eigenvalue weighted by Gasteiger charge is -2.07. The summed E-state index contributed by atoms with van der Waals surface area (Å²) in [5, 5.41) is 12.5. The summed E-state index contributed by atoms with van der Waals surface area (Å²) in [4.78, 5) is 13.9. The number of nitrogen functional groups attached to an aromatic ring is 1. The molecule has 0 unspecified atom stereocenters. The Balaban J connectivity index is 2.08. The standard InChI is InChI=1S/C11H12N4O4S2/c12-10-5-9(1-2-11(10)15(16)17)21(18,19)14-4-3-8-6-20-7-13-8/h1-2,5-7,14H,3-4,12H2. The molecule has 0 radical (unpaired) electrons. The van der Waals surface area contributed by atoms with Crippen molar-refractivity contribution in [2.24, 2.45) is 0 Å². The van der Waals surface area contributed by atoms with Gasteiger partial charge in [-0.2, -0.15) is 0 Å². The van der Waals surface area contributed by atoms with Gasteiger partial charge in [-0.05, 0) is 12.1 Å². The molecule has 0 fully saturated rings. The number of nitrogens with one attached hydrogen (secondary N) is 1. The molecule has 1 heterocycles. The molecule has 10 heteroatoms. The summed E-state index contributed by atoms with van der Waals surface area (Å²) >= 11 is 1.43. The van der Waals surface area contributed by atoms with Crippen molar-refractivity contribution in [1.82, 2.24) is 9.71 Å². The Hall–Kier alpha value is -2.04. The predicted molar refractivity (Wildman–Crippen MR) is 78.5 cm³/mol. The van der Waals surface area contributed by atoms with E-state index in [9.17, 15) is 18.5 Å². The largest absolute Gasteiger partial charge is 0.393 e. The van der Waals surface area contributed by atoms with E-state index in [2.05, 4.69) is 9.71 Å². The van der Waals surface area contributed by atoms with Crippen molar-refractivity contribution in [3.63, 3.8) is 0 Å². The van der Waals surface area contributed by atoms with Gasteiger partial charge in [-0.1, -0.05) is 0 Å². The molecule has 0 saturated heterocycles. The highest BCUT2D eigenvalue weighted by atomic mass is 32.2. The van der Waals surface area contributed by atoms with Gasteiger partial charge in [0.25, 0.3) is 5.69 Å². The normalized spacial score (nSPS) is 11.4. The smallest absolute Gasteiger partial charge is 0.292 e. The average molecular weight is 328 g/mol. The first-order valence-corrected chi connectivity index (χ1v) is 8.23. The molecule has 0 amide bonds. The Morgan fingerprint density at radius 3 is 2.76 bits per heavy atom. The second kappa shape index (κ2) is 6.16. The van der Waals surface area contributed by atoms with Crippen LogP contribution in [0.5, 0.6) is 0 Å². The number of nitro groups is 1. The zero-order valence-corrected chi connectivity index (χ0v) is 12.4. The molecule has 1 aromatic heterocycles. The van der Waals surface area contributed by atoms with Crippen molar-refractivity contribution in [2.45, 2.75) is 11.3 Å². The third-order valence-electron chi connectivity index (χ3n) is 2.66. The minimum absolute atomic E-state index is 0.108. The van der Waals surface area contributed by atoms with Gasteiger partial charge in [0.2, 0.25) is 10.0 Å². The first kappa shape index (κ1) is 15.4. The van der Waals surface area contributed by atoms with Crippen molar-refractivity contribution in [1.29, 1.82) is 0 Å². The van der Waals surface area contributed by atoms with Gasteiger partial charge in [-0.25, -0.2) is 18.1 Å². The lowest BCUT2D eigenvalue weighted by molar-refractivity contribution is -0.383. The number of nitro benzene ring substituents is 1. The van der Waals surface area contributed by atoms with E-state index in [1.807, 2.05) is 5.38 Å². The second-order valence-electron chi connectivity index (χ2n) is 4.11. The summed E-state index contributed by atoms with van der Waals surface area (Å²) in [5.41, 5.74) is 7.43. The van der Waals surface area contributed by atoms with E-state index >= 15 is 0 Å². The fraction of sp³-hybridized carbons (Fsp3) is 0.182. The van der Waals surface area contributed by atoms with Gasteiger partial charge >= 0.3 is 0 Å². The third kappa shape index (κ3) is 3.74. The van der Waals surface area contributed by atoms with Crippen LogP contribution in [0.1, 0.15) is 5.69 Å². The zero-order chi connectivity index (χ0) is 15.5. The summed E-state index contributed by atoms with van der Waals surface area (Å²) in [5.74, 6) is 0. The molecule has 0 aliphatic heterocycles. The minimum Gasteiger partial charge on any atom is -0.393 e. The molecular weight excluding hydrogens is 316 g/mol. The summed E-state index contributed by atoms with van der Waals surface area (Å²) in [6, 6.07) is 3.30. The van der Waals surface area contributed by atoms with Crippen molar-refractivity contribution in [2.75, 3.05) is 12.3 Å². The molecule has 0 bridgehead atoms. The maximum atomic E-state index is 12.0. The Bertz CT molecular complexity index is 744. The van der Waals surface area contributed by atoms with Gasteiger partial charge in [0.1, 0.15) is 5.69 Å². The number of aromatic nitrogens is 1. The van der Waals surface area contributed by atoms with Crippen LogP contribution >= 0.6 is 11.3 Å². The Morgan fingerprint density at radius 2 is 2.19 bits per heavy atom. The molecular formula is C11H12N4O4S2. The maximum Gasteiger partial charge on any atom is 0.292 e. The molecule has 0 atom stereocenters. The van der Waals surface area contributed by atoms with E-state index in [1.165, 1.54) is 11.3 Å². The van der Waals surface area contributed by atoms with Crippen molar-refractivity contribution >= 4 is 32.7 Å². The second-order valence-corrected chi connectivity index (χ2v) is 6.59. The highest BCUT2D eigenvalue weighted by molar-refractivity contribution is 7.89. The molecule has 0 aliphatic rings. The topological polar surface area (TPSA) is 128 Å². The van der Waals surface area contributed by atoms with E-state index in [0.717, 1.165) is 23.9 Å². The molecule has 8 nitrogen and oxygen atoms in total. The third-order valence-corrected chi connectivity index (χ3v) is 4.76. The number of thiazole rings is 1. The molecule has 1 aromatic carbocycles. The van der Waals surface area contributed by atoms with Crippen LogP contribution in [0.15, 0.2) is 34.0 Å². The highest BCUT2D eigenvalue weighted by Gasteiger charge is 2.18. The minimum atomic E-state index is -3.76. The molecule has 0 aliphatic carbocycles. The number of benzene rings is 1. The Morgan fingerprint density at radius 1 is 1.43 bits per heavy atom. The predicted octanol–water partition coefficient (Wildman–Crippen LogP) is 1.15. The number of rotatable bonds is 6. The van der Waals surface area contributed by atoms with E-state index in [-0.39, 0.29) is 22.8 Å². The van der Waals surface area contributed by atoms with Crippen LogP contribution in [0.4, 0.5) is 11.4 Å². The van der Waals surface area contributed by atoms with Crippen LogP contribution in [-0.4, -0.2) is 24.9 Å². The van der Waals surface area contributed by atoms with E-state index in [1.54, 1.807) is 5.51 Å². The van der Waals surface area contributed by atoms with Gasteiger partial charge in [0.05, 0.1) is 21.0 Å². The molecule has 0 spiro atoms. The van der Waals surface area contributed by atoms with Crippen molar-refractivity contribution in [3.8, 4) is 0 Å². The van der Waals surface area contributed by atoms with Crippen LogP contribution in [0, 0.1) is 10.1 Å². The molecule has 112 valence electrons. The molecule has 3 N–H and O–H groups in total. The van der Waals surface area contributed by atoms with Crippen LogP contribution in [0.25, 0.3) is 0 Å². The van der Waals surface area contributed by atoms with Gasteiger partial charge in [0, 0.05) is 24.4 Å². The maximum absolute atomic E-state index is 12.0. The number of sulfonamides is 1. The Labute approximate surface area is 124 Å². The molecule has 0 saturated carbocycles. The van der Waals surface area contributed by atoms with Crippen LogP contribution < -0.4 is 10.5 Å². The number of nitrogens with two attached hydrogens (primary N) is 1. The van der Waals surface area contributed by atoms with Crippen LogP contribution in [0.2, 0.25) is 0 Å². The highest BCUT2D eigenvalue weighted by Crippen LogP contribution is 2.24. The fourth-order valence-electron chi connectivity index (χ4n) is 1.62. The quantitative estimate of drug-likeness (QED) is 0.465. The lowest BCUT2D eigenvalue weighted by Crippen LogP contribution is -2.26. The van der Waals surface area contributed by atoms with Crippen LogP contribution in [-0.2, 0) is 16.4 Å². The van der Waals surface area contributed by atoms with Gasteiger partial charge in [-0.15, -0.1) is 11.3 Å². The number of hydrogen-bond acceptors (Lipinski definition) is 7. The van der Waals surface area contributed by atoms with Gasteiger partial charge in [-0.3, -0.25) is 10.1 Å². The van der Waals surface area contributed by atoms with E-state index < -0.39 is 14.9 Å². The van der Waals surface area contributed by atoms with E-state index in [4.69, 9.17) is 5.73 Å². The molecule has 2 rings (SSSR count). The zero-order valence-electron chi connectivity index (χ0n) is 10.7. The fourth-order valence-corrected chi connectivity index (χ4v) is 3.28. The Kier molecular flexibility index (Phi) is 4.50. The number of nitrogens with zero attached hydrogens (tertiary/aromatic N) is 2. The molecule has 21 heavy (non-hydrogen) atoms. The lowest BCUT2D eigenvalue weighted by atomic mass is 10.3. The average Bonchev–Trinajstić information content (AvgIpc) is 2.91. The van der Waals surface area contributed by atoms with Gasteiger partial charge in [0.15, 0.2) is 0 Å². The SMILES string of the molecule is Nc1cc(S(=O)(=O)NCCc2cscn2)ccc1[N+](=O)[O-]. The number of hydrogen-bond donors (Lipinski definition) is 2. The summed E-state index contributed by atoms with van der Waals surface area (Å²) in [7, 11) is -3.76. The monoisotopic (exact) mass is 328 g/mol. The molecule has 2 aromatic rings. The number of anilines is 1. The van der Waals surface area contributed by atoms with Gasteiger partial charge < -0.3 is 5.73 Å². The van der Waals surface area contributed by atoms with Crippen LogP contribution in [0.3, 0.4) is 0 Å². The summed E-state index contributed by atoms with van der Waals surface area (Å²) in [6.45, 7) is 0.183. The summed E-state index contributed by atoms with van der Waals surface area (Å²) < 4.78 is 26.5. The summed E-state index contributed by atoms with van der Waals surface area (Å²) in [6.07, 6.45) is 0.463. The van der Waals surface area contributed by atoms with Crippen molar-refractivity contribution in [3.05, 3.63) is 44.9 Å². The first-order valence-electron chi connectivity index (χ1n) is 5.81.